The van der Waals surface area contributed by atoms with Gasteiger partial charge in [-0.1, -0.05) is 105 Å². The van der Waals surface area contributed by atoms with Gasteiger partial charge in [-0.05, 0) is 85.7 Å². The summed E-state index contributed by atoms with van der Waals surface area (Å²) in [6.45, 7) is 20.8. The van der Waals surface area contributed by atoms with E-state index in [0.717, 1.165) is 41.6 Å². The third-order valence-electron chi connectivity index (χ3n) is 17.8. The molecule has 0 fully saturated rings. The fourth-order valence-corrected chi connectivity index (χ4v) is 13.6. The molecule has 3 heterocycles. The topological polar surface area (TPSA) is 196 Å². The minimum Gasteiger partial charge on any atom is -1.00 e. The second-order valence-electron chi connectivity index (χ2n) is 25.6. The van der Waals surface area contributed by atoms with E-state index in [9.17, 15) is 14.4 Å². The van der Waals surface area contributed by atoms with Crippen molar-refractivity contribution >= 4 is 52.3 Å². The predicted octanol–water partition coefficient (Wildman–Crippen LogP) is 7.21. The van der Waals surface area contributed by atoms with Crippen molar-refractivity contribution in [1.82, 2.24) is 10.6 Å². The largest absolute Gasteiger partial charge is 1.00 e. The average molecular weight is 1450 g/mol. The third-order valence-corrected chi connectivity index (χ3v) is 19.0. The summed E-state index contributed by atoms with van der Waals surface area (Å²) in [5, 5.41) is 5.87. The van der Waals surface area contributed by atoms with E-state index in [2.05, 4.69) is 147 Å². The number of carbonyl (C=O) groups is 3. The third kappa shape index (κ3) is 26.9. The van der Waals surface area contributed by atoms with E-state index in [1.807, 2.05) is 48.5 Å². The molecule has 0 spiro atoms. The summed E-state index contributed by atoms with van der Waals surface area (Å²) in [5.74, 6) is 6.86. The van der Waals surface area contributed by atoms with E-state index >= 15 is 0 Å². The average Bonchev–Trinajstić information content (AvgIpc) is 1.60. The van der Waals surface area contributed by atoms with Crippen LogP contribution < -0.4 is 32.8 Å². The molecule has 0 atom stereocenters. The number of likely N-dealkylation sites (N-methyl/N-ethyl adjacent to an activating group) is 1. The number of allylic oxidation sites excluding steroid dienone is 7. The van der Waals surface area contributed by atoms with Crippen LogP contribution in [0, 0.1) is 11.8 Å². The first-order chi connectivity index (χ1) is 49.3. The SMILES string of the molecule is CN1/C(=C/C=C2\CCCC(/C=C/C3=[N+](C)c4ccccc4C3(C)C)=C2SCCC(=O)NCCOCCOCCOCCOCCOCCOCCOCCOCCOCCOCCOCCOCCC(=O)NCCC(=O)N2Cc3ccccc3C#Cc3ccccc32)C(C)(C)c2ccccc21.[Cl-]. The molecule has 0 saturated carbocycles. The molecule has 556 valence electrons. The summed E-state index contributed by atoms with van der Waals surface area (Å²) in [4.78, 5) is 44.2. The van der Waals surface area contributed by atoms with Gasteiger partial charge >= 0.3 is 0 Å². The molecule has 4 aromatic carbocycles. The van der Waals surface area contributed by atoms with E-state index in [0.29, 0.717) is 177 Å². The Balaban J connectivity index is 0.0000146. The van der Waals surface area contributed by atoms with E-state index in [4.69, 9.17) is 56.8 Å². The Morgan fingerprint density at radius 3 is 1.52 bits per heavy atom. The second-order valence-corrected chi connectivity index (χ2v) is 26.7. The van der Waals surface area contributed by atoms with E-state index in [1.54, 1.807) is 16.7 Å². The quantitative estimate of drug-likeness (QED) is 0.0256. The molecule has 0 radical (unpaired) electrons. The highest BCUT2D eigenvalue weighted by Gasteiger charge is 2.43. The number of para-hydroxylation sites is 3. The molecule has 0 aromatic heterocycles. The van der Waals surface area contributed by atoms with Crippen LogP contribution in [0.3, 0.4) is 0 Å². The van der Waals surface area contributed by atoms with Crippen molar-refractivity contribution in [3.63, 3.8) is 0 Å². The fraction of sp³-hybridized carbons (Fsp3) is 0.525. The van der Waals surface area contributed by atoms with Crippen LogP contribution in [-0.4, -0.2) is 220 Å². The van der Waals surface area contributed by atoms with Crippen LogP contribution in [0.25, 0.3) is 0 Å². The number of nitrogens with zero attached hydrogens (tertiary/aromatic N) is 3. The Labute approximate surface area is 615 Å². The zero-order valence-electron chi connectivity index (χ0n) is 60.8. The highest BCUT2D eigenvalue weighted by atomic mass is 35.5. The van der Waals surface area contributed by atoms with E-state index in [1.165, 1.54) is 50.0 Å². The molecule has 3 aliphatic heterocycles. The number of ether oxygens (including phenoxy) is 12. The molecule has 2 N–H and O–H groups in total. The number of fused-ring (bicyclic) bond motifs is 4. The molecular weight excluding hydrogens is 1340 g/mol. The number of amides is 3. The van der Waals surface area contributed by atoms with Gasteiger partial charge in [-0.25, -0.2) is 0 Å². The Hall–Kier alpha value is -6.56. The molecule has 3 amide bonds. The molecule has 0 saturated heterocycles. The lowest BCUT2D eigenvalue weighted by atomic mass is 9.81. The van der Waals surface area contributed by atoms with Crippen LogP contribution in [0.4, 0.5) is 17.1 Å². The zero-order valence-corrected chi connectivity index (χ0v) is 62.4. The Bertz CT molecular complexity index is 3470. The highest BCUT2D eigenvalue weighted by Crippen LogP contribution is 2.47. The van der Waals surface area contributed by atoms with Gasteiger partial charge in [0.2, 0.25) is 23.4 Å². The van der Waals surface area contributed by atoms with Crippen molar-refractivity contribution in [2.75, 3.05) is 201 Å². The molecule has 20 nitrogen and oxygen atoms in total. The summed E-state index contributed by atoms with van der Waals surface area (Å²) in [6.07, 6.45) is 13.2. The lowest BCUT2D eigenvalue weighted by Gasteiger charge is -2.26. The molecule has 102 heavy (non-hydrogen) atoms. The predicted molar refractivity (Wildman–Crippen MR) is 397 cm³/mol. The van der Waals surface area contributed by atoms with Gasteiger partial charge in [-0.15, -0.1) is 11.8 Å². The van der Waals surface area contributed by atoms with Gasteiger partial charge in [0.1, 0.15) is 7.05 Å². The number of anilines is 2. The summed E-state index contributed by atoms with van der Waals surface area (Å²) in [5.41, 5.74) is 13.6. The van der Waals surface area contributed by atoms with Crippen molar-refractivity contribution in [2.45, 2.75) is 83.6 Å². The van der Waals surface area contributed by atoms with Crippen LogP contribution in [0.1, 0.15) is 94.0 Å². The molecule has 0 unspecified atom stereocenters. The number of benzene rings is 4. The standard InChI is InChI=1S/C80H107N5O15S.ClH/c1-79(2)68-21-10-13-24-71(68)83(5)73(79)30-28-65-19-15-20-66(29-31-74-80(3,4)69-22-11-14-25-72(69)84(74)6)78(65)101-61-34-76(87)82-36-38-90-40-42-92-44-46-94-48-50-96-52-54-98-56-58-100-60-59-99-57-55-97-53-51-95-49-47-93-45-43-91-41-39-89-37-33-75(86)81-35-32-77(88)85-62-67-18-8-7-16-63(67)26-27-64-17-9-12-23-70(64)85;/h7-14,16-18,21-25,28-31H,15,19-20,32-62H2,1-6H3,(H-,81,82,86,87);1H. The lowest BCUT2D eigenvalue weighted by Crippen LogP contribution is -3.00. The minimum absolute atomic E-state index is 0. The van der Waals surface area contributed by atoms with Crippen molar-refractivity contribution in [1.29, 1.82) is 0 Å². The van der Waals surface area contributed by atoms with Gasteiger partial charge in [-0.3, -0.25) is 14.4 Å². The fourth-order valence-electron chi connectivity index (χ4n) is 12.4. The normalized spacial score (nSPS) is 15.8. The Morgan fingerprint density at radius 2 is 0.961 bits per heavy atom. The number of hydrogen-bond acceptors (Lipinski definition) is 17. The van der Waals surface area contributed by atoms with Gasteiger partial charge in [0.05, 0.1) is 176 Å². The molecule has 1 aliphatic carbocycles. The molecule has 8 rings (SSSR count). The lowest BCUT2D eigenvalue weighted by molar-refractivity contribution is -0.401. The van der Waals surface area contributed by atoms with Crippen LogP contribution >= 0.6 is 11.8 Å². The number of thioether (sulfide) groups is 1. The molecule has 22 heteroatoms. The van der Waals surface area contributed by atoms with Crippen molar-refractivity contribution in [2.24, 2.45) is 0 Å². The van der Waals surface area contributed by atoms with Gasteiger partial charge < -0.3 is 89.7 Å². The smallest absolute Gasteiger partial charge is 0.229 e. The van der Waals surface area contributed by atoms with Gasteiger partial charge in [0.25, 0.3) is 0 Å². The molecule has 4 aliphatic rings. The summed E-state index contributed by atoms with van der Waals surface area (Å²) in [6, 6.07) is 32.9. The van der Waals surface area contributed by atoms with Crippen LogP contribution in [-0.2, 0) is 88.6 Å². The summed E-state index contributed by atoms with van der Waals surface area (Å²) < 4.78 is 69.5. The number of hydrogen-bond donors (Lipinski definition) is 2. The van der Waals surface area contributed by atoms with Gasteiger partial charge in [0, 0.05) is 95.7 Å². The monoisotopic (exact) mass is 1450 g/mol. The molecule has 0 bridgehead atoms. The minimum atomic E-state index is -0.177. The summed E-state index contributed by atoms with van der Waals surface area (Å²) in [7, 11) is 4.34. The number of nitrogens with one attached hydrogen (secondary N) is 2. The van der Waals surface area contributed by atoms with Gasteiger partial charge in [-0.2, -0.15) is 4.58 Å². The highest BCUT2D eigenvalue weighted by molar-refractivity contribution is 8.03. The van der Waals surface area contributed by atoms with E-state index < -0.39 is 0 Å². The second kappa shape index (κ2) is 46.3. The Kier molecular flexibility index (Phi) is 37.6. The maximum atomic E-state index is 13.4. The van der Waals surface area contributed by atoms with Crippen molar-refractivity contribution in [3.8, 4) is 11.8 Å². The number of rotatable bonds is 49. The van der Waals surface area contributed by atoms with Gasteiger partial charge in [0.15, 0.2) is 5.71 Å². The zero-order chi connectivity index (χ0) is 71.2. The van der Waals surface area contributed by atoms with Crippen LogP contribution in [0.15, 0.2) is 143 Å². The Morgan fingerprint density at radius 1 is 0.500 bits per heavy atom. The molecule has 4 aromatic rings. The van der Waals surface area contributed by atoms with Crippen molar-refractivity contribution in [3.05, 3.63) is 171 Å². The summed E-state index contributed by atoms with van der Waals surface area (Å²) >= 11 is 1.80. The van der Waals surface area contributed by atoms with Crippen LogP contribution in [0.5, 0.6) is 0 Å². The maximum absolute atomic E-state index is 13.4. The van der Waals surface area contributed by atoms with Crippen LogP contribution in [0.2, 0.25) is 0 Å². The first-order valence-corrected chi connectivity index (χ1v) is 36.8. The molecular formula is C80H108ClN5O15S. The first-order valence-electron chi connectivity index (χ1n) is 35.8. The first kappa shape index (κ1) is 82.7. The number of carbonyl (C=O) groups excluding carboxylic acids is 3. The number of halogens is 1. The van der Waals surface area contributed by atoms with E-state index in [-0.39, 0.29) is 67.0 Å². The maximum Gasteiger partial charge on any atom is 0.229 e. The van der Waals surface area contributed by atoms with Crippen molar-refractivity contribution < 1.29 is 88.2 Å².